The number of benzene rings is 6. The van der Waals surface area contributed by atoms with E-state index in [2.05, 4.69) is 20.5 Å². The summed E-state index contributed by atoms with van der Waals surface area (Å²) < 4.78 is 49.7. The van der Waals surface area contributed by atoms with E-state index in [1.165, 1.54) is 14.2 Å². The van der Waals surface area contributed by atoms with Crippen LogP contribution in [0, 0.1) is 0 Å². The summed E-state index contributed by atoms with van der Waals surface area (Å²) in [6, 6.07) is 36.6. The lowest BCUT2D eigenvalue weighted by atomic mass is 10.1. The second kappa shape index (κ2) is 25.3. The number of rotatable bonds is 26. The maximum atomic E-state index is 11.7. The van der Waals surface area contributed by atoms with Crippen molar-refractivity contribution in [1.82, 2.24) is 0 Å². The number of hydrogen-bond donors (Lipinski definition) is 0. The molecule has 328 valence electrons. The predicted molar refractivity (Wildman–Crippen MR) is 237 cm³/mol. The second-order valence-electron chi connectivity index (χ2n) is 13.5. The highest BCUT2D eigenvalue weighted by molar-refractivity contribution is 5.97. The van der Waals surface area contributed by atoms with Crippen LogP contribution in [-0.2, 0) is 33.2 Å². The highest BCUT2D eigenvalue weighted by atomic mass is 16.6. The molecule has 0 N–H and O–H groups in total. The molecule has 0 saturated heterocycles. The first-order chi connectivity index (χ1) is 31.0. The zero-order valence-electron chi connectivity index (χ0n) is 35.3. The Bertz CT molecular complexity index is 2260. The molecule has 6 aromatic rings. The van der Waals surface area contributed by atoms with Gasteiger partial charge in [-0.25, -0.2) is 9.59 Å². The van der Waals surface area contributed by atoms with E-state index in [9.17, 15) is 9.59 Å². The fourth-order valence-electron chi connectivity index (χ4n) is 6.13. The van der Waals surface area contributed by atoms with Crippen LogP contribution in [0.5, 0.6) is 11.5 Å². The molecule has 0 amide bonds. The standard InChI is InChI=1S/C48H50N4O11/c1-55-47(53)35-11-15-37(16-12-35)49-51-43-19-21-45(41-9-5-3-7-39(41)43)62-33-31-60-29-27-58-25-23-57-24-26-59-28-30-61-32-34-63-46-22-20-44(40-8-4-6-10-42(40)46)52-50-38-17-13-36(14-18-38)48(54)56-2/h3-22H,23-34H2,1-2H3. The van der Waals surface area contributed by atoms with E-state index in [4.69, 9.17) is 42.6 Å². The molecule has 0 unspecified atom stereocenters. The average Bonchev–Trinajstić information content (AvgIpc) is 3.33. The van der Waals surface area contributed by atoms with Crippen LogP contribution in [0.15, 0.2) is 142 Å². The number of ether oxygens (including phenoxy) is 9. The van der Waals surface area contributed by atoms with Crippen LogP contribution in [0.3, 0.4) is 0 Å². The van der Waals surface area contributed by atoms with Gasteiger partial charge in [0, 0.05) is 21.5 Å². The van der Waals surface area contributed by atoms with Gasteiger partial charge in [0.15, 0.2) is 0 Å². The van der Waals surface area contributed by atoms with Gasteiger partial charge in [0.2, 0.25) is 0 Å². The molecule has 0 aliphatic rings. The van der Waals surface area contributed by atoms with Crippen LogP contribution in [0.4, 0.5) is 22.7 Å². The lowest BCUT2D eigenvalue weighted by molar-refractivity contribution is -0.0141. The maximum Gasteiger partial charge on any atom is 0.337 e. The Labute approximate surface area is 365 Å². The van der Waals surface area contributed by atoms with E-state index in [-0.39, 0.29) is 0 Å². The summed E-state index contributed by atoms with van der Waals surface area (Å²) in [6.45, 7) is 5.14. The summed E-state index contributed by atoms with van der Waals surface area (Å²) in [5, 5.41) is 21.2. The summed E-state index contributed by atoms with van der Waals surface area (Å²) >= 11 is 0. The lowest BCUT2D eigenvalue weighted by Gasteiger charge is -2.11. The summed E-state index contributed by atoms with van der Waals surface area (Å²) in [5.41, 5.74) is 3.53. The van der Waals surface area contributed by atoms with E-state index >= 15 is 0 Å². The summed E-state index contributed by atoms with van der Waals surface area (Å²) in [6.07, 6.45) is 0. The molecule has 0 bridgehead atoms. The lowest BCUT2D eigenvalue weighted by Crippen LogP contribution is -2.15. The SMILES string of the molecule is COC(=O)c1ccc(N=Nc2ccc(OCCOCCOCCOCCOCCOCCOc3ccc(N=Nc4ccc(C(=O)OC)cc4)c4ccccc34)c3ccccc23)cc1. The molecule has 0 aromatic heterocycles. The van der Waals surface area contributed by atoms with Gasteiger partial charge >= 0.3 is 11.9 Å². The molecular formula is C48H50N4O11. The van der Waals surface area contributed by atoms with Crippen molar-refractivity contribution >= 4 is 56.2 Å². The van der Waals surface area contributed by atoms with E-state index in [0.717, 1.165) is 33.0 Å². The Morgan fingerprint density at radius 1 is 0.365 bits per heavy atom. The number of carbonyl (C=O) groups is 2. The summed E-state index contributed by atoms with van der Waals surface area (Å²) in [7, 11) is 2.69. The first-order valence-corrected chi connectivity index (χ1v) is 20.4. The fraction of sp³-hybridized carbons (Fsp3) is 0.292. The van der Waals surface area contributed by atoms with Gasteiger partial charge in [-0.05, 0) is 72.8 Å². The van der Waals surface area contributed by atoms with Crippen molar-refractivity contribution in [1.29, 1.82) is 0 Å². The molecule has 0 saturated carbocycles. The minimum atomic E-state index is -0.403. The molecule has 0 aliphatic heterocycles. The number of methoxy groups -OCH3 is 2. The van der Waals surface area contributed by atoms with Gasteiger partial charge in [-0.1, -0.05) is 48.5 Å². The molecule has 6 rings (SSSR count). The Morgan fingerprint density at radius 3 is 1.02 bits per heavy atom. The van der Waals surface area contributed by atoms with Gasteiger partial charge in [-0.2, -0.15) is 10.2 Å². The van der Waals surface area contributed by atoms with Gasteiger partial charge < -0.3 is 42.6 Å². The second-order valence-corrected chi connectivity index (χ2v) is 13.5. The van der Waals surface area contributed by atoms with Gasteiger partial charge in [-0.3, -0.25) is 0 Å². The first-order valence-electron chi connectivity index (χ1n) is 20.4. The van der Waals surface area contributed by atoms with Gasteiger partial charge in [0.1, 0.15) is 24.7 Å². The largest absolute Gasteiger partial charge is 0.491 e. The van der Waals surface area contributed by atoms with Crippen molar-refractivity contribution in [2.45, 2.75) is 0 Å². The molecule has 0 spiro atoms. The van der Waals surface area contributed by atoms with Crippen molar-refractivity contribution in [3.05, 3.63) is 132 Å². The number of nitrogens with zero attached hydrogens (tertiary/aromatic N) is 4. The van der Waals surface area contributed by atoms with E-state index in [0.29, 0.717) is 113 Å². The van der Waals surface area contributed by atoms with Crippen LogP contribution in [-0.4, -0.2) is 105 Å². The van der Waals surface area contributed by atoms with E-state index in [1.54, 1.807) is 48.5 Å². The van der Waals surface area contributed by atoms with Crippen molar-refractivity contribution < 1.29 is 52.2 Å². The molecule has 0 aliphatic carbocycles. The number of carbonyl (C=O) groups excluding carboxylic acids is 2. The third-order valence-electron chi connectivity index (χ3n) is 9.30. The third-order valence-corrected chi connectivity index (χ3v) is 9.30. The normalized spacial score (nSPS) is 11.5. The highest BCUT2D eigenvalue weighted by Crippen LogP contribution is 2.35. The van der Waals surface area contributed by atoms with Crippen LogP contribution < -0.4 is 9.47 Å². The number of fused-ring (bicyclic) bond motifs is 2. The smallest absolute Gasteiger partial charge is 0.337 e. The number of hydrogen-bond acceptors (Lipinski definition) is 15. The monoisotopic (exact) mass is 858 g/mol. The van der Waals surface area contributed by atoms with Crippen LogP contribution in [0.25, 0.3) is 21.5 Å². The molecule has 6 aromatic carbocycles. The maximum absolute atomic E-state index is 11.7. The quantitative estimate of drug-likeness (QED) is 0.0289. The Hall–Kier alpha value is -6.62. The van der Waals surface area contributed by atoms with E-state index in [1.807, 2.05) is 72.8 Å². The van der Waals surface area contributed by atoms with Crippen molar-refractivity contribution in [2.24, 2.45) is 20.5 Å². The van der Waals surface area contributed by atoms with Crippen LogP contribution in [0.1, 0.15) is 20.7 Å². The minimum absolute atomic E-state index is 0.376. The van der Waals surface area contributed by atoms with Crippen molar-refractivity contribution in [3.63, 3.8) is 0 Å². The van der Waals surface area contributed by atoms with E-state index < -0.39 is 11.9 Å². The van der Waals surface area contributed by atoms with Crippen LogP contribution >= 0.6 is 0 Å². The van der Waals surface area contributed by atoms with Gasteiger partial charge in [0.05, 0.1) is 114 Å². The minimum Gasteiger partial charge on any atom is -0.491 e. The number of azo groups is 2. The van der Waals surface area contributed by atoms with Gasteiger partial charge in [-0.15, -0.1) is 10.2 Å². The topological polar surface area (TPSA) is 167 Å². The van der Waals surface area contributed by atoms with Crippen molar-refractivity contribution in [2.75, 3.05) is 93.5 Å². The predicted octanol–water partition coefficient (Wildman–Crippen LogP) is 9.94. The highest BCUT2D eigenvalue weighted by Gasteiger charge is 2.10. The Balaban J connectivity index is 0.762. The third kappa shape index (κ3) is 14.2. The molecule has 0 fully saturated rings. The summed E-state index contributed by atoms with van der Waals surface area (Å²) in [4.78, 5) is 23.4. The summed E-state index contributed by atoms with van der Waals surface area (Å²) in [5.74, 6) is 0.647. The molecule has 0 radical (unpaired) electrons. The fourth-order valence-corrected chi connectivity index (χ4v) is 6.13. The number of esters is 2. The average molecular weight is 859 g/mol. The Morgan fingerprint density at radius 2 is 0.683 bits per heavy atom. The molecule has 15 nitrogen and oxygen atoms in total. The molecule has 0 heterocycles. The Kier molecular flexibility index (Phi) is 18.5. The van der Waals surface area contributed by atoms with Gasteiger partial charge in [0.25, 0.3) is 0 Å². The van der Waals surface area contributed by atoms with Crippen LogP contribution in [0.2, 0.25) is 0 Å². The molecule has 0 atom stereocenters. The van der Waals surface area contributed by atoms with Crippen molar-refractivity contribution in [3.8, 4) is 11.5 Å². The molecule has 15 heteroatoms. The zero-order chi connectivity index (χ0) is 43.9. The zero-order valence-corrected chi connectivity index (χ0v) is 35.3. The molecular weight excluding hydrogens is 809 g/mol. The first kappa shape index (κ1) is 45.9. The molecule has 63 heavy (non-hydrogen) atoms.